The molecule has 0 bridgehead atoms. The second-order valence-corrected chi connectivity index (χ2v) is 5.48. The van der Waals surface area contributed by atoms with Gasteiger partial charge in [0.15, 0.2) is 0 Å². The number of aryl methyl sites for hydroxylation is 1. The lowest BCUT2D eigenvalue weighted by Gasteiger charge is -2.19. The number of carbonyl (C=O) groups is 2. The van der Waals surface area contributed by atoms with E-state index in [9.17, 15) is 19.7 Å². The maximum Gasteiger partial charge on any atom is 0.407 e. The number of nitro groups is 1. The van der Waals surface area contributed by atoms with E-state index in [0.29, 0.717) is 0 Å². The summed E-state index contributed by atoms with van der Waals surface area (Å²) in [6.07, 6.45) is 0.558. The zero-order valence-corrected chi connectivity index (χ0v) is 12.9. The van der Waals surface area contributed by atoms with Gasteiger partial charge in [0.2, 0.25) is 0 Å². The summed E-state index contributed by atoms with van der Waals surface area (Å²) >= 11 is 0. The van der Waals surface area contributed by atoms with Crippen LogP contribution in [0.15, 0.2) is 6.20 Å². The van der Waals surface area contributed by atoms with Gasteiger partial charge in [-0.15, -0.1) is 0 Å². The first-order chi connectivity index (χ1) is 10.1. The predicted molar refractivity (Wildman–Crippen MR) is 76.4 cm³/mol. The molecule has 0 spiro atoms. The Kier molecular flexibility index (Phi) is 5.44. The van der Waals surface area contributed by atoms with E-state index in [0.717, 1.165) is 6.20 Å². The van der Waals surface area contributed by atoms with Crippen molar-refractivity contribution in [3.05, 3.63) is 22.1 Å². The van der Waals surface area contributed by atoms with Gasteiger partial charge in [0.05, 0.1) is 0 Å². The van der Waals surface area contributed by atoms with Crippen LogP contribution in [-0.2, 0) is 11.8 Å². The average molecular weight is 313 g/mol. The Balaban J connectivity index is 2.41. The highest BCUT2D eigenvalue weighted by molar-refractivity contribution is 5.91. The molecule has 0 unspecified atom stereocenters. The van der Waals surface area contributed by atoms with E-state index in [4.69, 9.17) is 4.74 Å². The number of amides is 2. The molecule has 22 heavy (non-hydrogen) atoms. The van der Waals surface area contributed by atoms with Crippen LogP contribution in [0.2, 0.25) is 0 Å². The van der Waals surface area contributed by atoms with Crippen molar-refractivity contribution in [1.29, 1.82) is 0 Å². The van der Waals surface area contributed by atoms with Crippen LogP contribution in [0.3, 0.4) is 0 Å². The van der Waals surface area contributed by atoms with Crippen molar-refractivity contribution < 1.29 is 19.2 Å². The third-order valence-corrected chi connectivity index (χ3v) is 2.33. The standard InChI is InChI=1S/C12H19N5O5/c1-12(2,3)22-11(19)14-6-5-13-10(18)9-15-8(17(20)21)7-16(9)4/h7H,5-6H2,1-4H3,(H,13,18)(H,14,19). The Morgan fingerprint density at radius 1 is 1.36 bits per heavy atom. The number of carbonyl (C=O) groups excluding carboxylic acids is 2. The molecule has 0 saturated carbocycles. The first-order valence-corrected chi connectivity index (χ1v) is 6.53. The lowest BCUT2D eigenvalue weighted by Crippen LogP contribution is -2.38. The first kappa shape index (κ1) is 17.4. The van der Waals surface area contributed by atoms with Crippen LogP contribution in [0.25, 0.3) is 0 Å². The average Bonchev–Trinajstić information content (AvgIpc) is 2.74. The maximum absolute atomic E-state index is 11.8. The lowest BCUT2D eigenvalue weighted by atomic mass is 10.2. The molecular formula is C12H19N5O5. The third kappa shape index (κ3) is 5.38. The molecule has 10 heteroatoms. The SMILES string of the molecule is Cn1cc([N+](=O)[O-])nc1C(=O)NCCNC(=O)OC(C)(C)C. The molecule has 1 rings (SSSR count). The number of nitrogens with one attached hydrogen (secondary N) is 2. The fourth-order valence-electron chi connectivity index (χ4n) is 1.48. The van der Waals surface area contributed by atoms with Gasteiger partial charge in [-0.05, 0) is 30.7 Å². The lowest BCUT2D eigenvalue weighted by molar-refractivity contribution is -0.389. The molecule has 122 valence electrons. The number of alkyl carbamates (subject to hydrolysis) is 1. The molecule has 0 aromatic carbocycles. The zero-order valence-electron chi connectivity index (χ0n) is 12.9. The van der Waals surface area contributed by atoms with E-state index in [1.807, 2.05) is 0 Å². The molecule has 1 aromatic heterocycles. The molecule has 0 aliphatic heterocycles. The Bertz CT molecular complexity index is 575. The van der Waals surface area contributed by atoms with Crippen LogP contribution in [0.5, 0.6) is 0 Å². The number of imidazole rings is 1. The summed E-state index contributed by atoms with van der Waals surface area (Å²) in [6.45, 7) is 5.51. The number of rotatable bonds is 5. The highest BCUT2D eigenvalue weighted by Crippen LogP contribution is 2.09. The highest BCUT2D eigenvalue weighted by atomic mass is 16.6. The molecule has 0 fully saturated rings. The summed E-state index contributed by atoms with van der Waals surface area (Å²) in [4.78, 5) is 36.7. The van der Waals surface area contributed by atoms with Gasteiger partial charge in [0, 0.05) is 20.1 Å². The molecule has 0 radical (unpaired) electrons. The van der Waals surface area contributed by atoms with Crippen molar-refractivity contribution >= 4 is 17.8 Å². The fraction of sp³-hybridized carbons (Fsp3) is 0.583. The van der Waals surface area contributed by atoms with Gasteiger partial charge in [-0.25, -0.2) is 4.79 Å². The molecular weight excluding hydrogens is 294 g/mol. The van der Waals surface area contributed by atoms with Crippen LogP contribution in [0.1, 0.15) is 31.4 Å². The molecule has 10 nitrogen and oxygen atoms in total. The van der Waals surface area contributed by atoms with Gasteiger partial charge in [-0.1, -0.05) is 0 Å². The number of ether oxygens (including phenoxy) is 1. The molecule has 0 aliphatic carbocycles. The number of nitrogens with zero attached hydrogens (tertiary/aromatic N) is 3. The molecule has 0 atom stereocenters. The van der Waals surface area contributed by atoms with Gasteiger partial charge >= 0.3 is 23.6 Å². The Morgan fingerprint density at radius 2 is 1.95 bits per heavy atom. The van der Waals surface area contributed by atoms with E-state index in [2.05, 4.69) is 15.6 Å². The molecule has 0 aliphatic rings. The van der Waals surface area contributed by atoms with Gasteiger partial charge in [0.1, 0.15) is 11.8 Å². The minimum Gasteiger partial charge on any atom is -0.444 e. The maximum atomic E-state index is 11.8. The van der Waals surface area contributed by atoms with Crippen molar-refractivity contribution in [2.24, 2.45) is 7.05 Å². The quantitative estimate of drug-likeness (QED) is 0.465. The van der Waals surface area contributed by atoms with E-state index >= 15 is 0 Å². The topological polar surface area (TPSA) is 128 Å². The predicted octanol–water partition coefficient (Wildman–Crippen LogP) is 0.583. The Morgan fingerprint density at radius 3 is 2.45 bits per heavy atom. The summed E-state index contributed by atoms with van der Waals surface area (Å²) in [7, 11) is 1.48. The van der Waals surface area contributed by atoms with Crippen molar-refractivity contribution in [2.45, 2.75) is 26.4 Å². The van der Waals surface area contributed by atoms with Crippen LogP contribution < -0.4 is 10.6 Å². The third-order valence-electron chi connectivity index (χ3n) is 2.33. The summed E-state index contributed by atoms with van der Waals surface area (Å²) in [5.41, 5.74) is -0.598. The minimum atomic E-state index is -0.680. The van der Waals surface area contributed by atoms with Gasteiger partial charge < -0.3 is 30.1 Å². The van der Waals surface area contributed by atoms with Gasteiger partial charge in [-0.2, -0.15) is 0 Å². The van der Waals surface area contributed by atoms with E-state index in [-0.39, 0.29) is 18.9 Å². The molecule has 1 heterocycles. The van der Waals surface area contributed by atoms with Crippen molar-refractivity contribution in [1.82, 2.24) is 20.2 Å². The molecule has 0 saturated heterocycles. The van der Waals surface area contributed by atoms with E-state index in [1.165, 1.54) is 11.6 Å². The van der Waals surface area contributed by atoms with Crippen molar-refractivity contribution in [2.75, 3.05) is 13.1 Å². The van der Waals surface area contributed by atoms with E-state index < -0.39 is 28.3 Å². The number of hydrogen-bond donors (Lipinski definition) is 2. The monoisotopic (exact) mass is 313 g/mol. The Labute approximate surface area is 127 Å². The highest BCUT2D eigenvalue weighted by Gasteiger charge is 2.22. The minimum absolute atomic E-state index is 0.0797. The van der Waals surface area contributed by atoms with Crippen LogP contribution >= 0.6 is 0 Å². The van der Waals surface area contributed by atoms with Crippen LogP contribution in [0, 0.1) is 10.1 Å². The van der Waals surface area contributed by atoms with Gasteiger partial charge in [-0.3, -0.25) is 4.79 Å². The van der Waals surface area contributed by atoms with Gasteiger partial charge in [0.25, 0.3) is 0 Å². The van der Waals surface area contributed by atoms with Crippen LogP contribution in [0.4, 0.5) is 10.6 Å². The van der Waals surface area contributed by atoms with Crippen molar-refractivity contribution in [3.63, 3.8) is 0 Å². The van der Waals surface area contributed by atoms with E-state index in [1.54, 1.807) is 20.8 Å². The fourth-order valence-corrected chi connectivity index (χ4v) is 1.48. The molecule has 1 aromatic rings. The second-order valence-electron chi connectivity index (χ2n) is 5.48. The Hall–Kier alpha value is -2.65. The van der Waals surface area contributed by atoms with Crippen LogP contribution in [-0.4, -0.2) is 45.2 Å². The largest absolute Gasteiger partial charge is 0.444 e. The summed E-state index contributed by atoms with van der Waals surface area (Å²) in [6, 6.07) is 0. The normalized spacial score (nSPS) is 10.9. The smallest absolute Gasteiger partial charge is 0.407 e. The second kappa shape index (κ2) is 6.87. The number of aromatic nitrogens is 2. The first-order valence-electron chi connectivity index (χ1n) is 6.53. The molecule has 2 N–H and O–H groups in total. The summed E-state index contributed by atoms with van der Waals surface area (Å²) < 4.78 is 6.28. The number of hydrogen-bond acceptors (Lipinski definition) is 6. The molecule has 2 amide bonds. The summed E-state index contributed by atoms with van der Waals surface area (Å²) in [5.74, 6) is -1.05. The van der Waals surface area contributed by atoms with Crippen molar-refractivity contribution in [3.8, 4) is 0 Å². The summed E-state index contributed by atoms with van der Waals surface area (Å²) in [5, 5.41) is 15.5. The zero-order chi connectivity index (χ0) is 16.9.